The third-order valence-corrected chi connectivity index (χ3v) is 4.83. The highest BCUT2D eigenvalue weighted by Crippen LogP contribution is 2.31. The second-order valence-corrected chi connectivity index (χ2v) is 6.45. The Bertz CT molecular complexity index is 597. The molecule has 1 aromatic rings. The smallest absolute Gasteiger partial charge is 0.322 e. The number of nitrogens with zero attached hydrogens (tertiary/aromatic N) is 1. The van der Waals surface area contributed by atoms with Gasteiger partial charge in [0, 0.05) is 17.6 Å². The predicted octanol–water partition coefficient (Wildman–Crippen LogP) is 3.06. The topological polar surface area (TPSA) is 69.6 Å². The first-order valence-electron chi connectivity index (χ1n) is 7.64. The second kappa shape index (κ2) is 6.16. The number of nitrogens with one attached hydrogen (secondary N) is 1. The first-order valence-corrected chi connectivity index (χ1v) is 8.01. The molecule has 1 heterocycles. The number of benzene rings is 1. The molecule has 1 fully saturated rings. The van der Waals surface area contributed by atoms with E-state index in [1.54, 1.807) is 4.90 Å². The van der Waals surface area contributed by atoms with Crippen molar-refractivity contribution >= 4 is 29.3 Å². The van der Waals surface area contributed by atoms with E-state index in [-0.39, 0.29) is 18.0 Å². The molecule has 0 saturated heterocycles. The largest absolute Gasteiger partial charge is 0.481 e. The maximum atomic E-state index is 12.5. The molecule has 5 nitrogen and oxygen atoms in total. The van der Waals surface area contributed by atoms with Gasteiger partial charge in [0.15, 0.2) is 0 Å². The number of aliphatic carboxylic acids is 1. The zero-order valence-electron chi connectivity index (χ0n) is 12.2. The Balaban J connectivity index is 1.60. The maximum absolute atomic E-state index is 12.5. The summed E-state index contributed by atoms with van der Waals surface area (Å²) in [7, 11) is 0. The summed E-state index contributed by atoms with van der Waals surface area (Å²) in [4.78, 5) is 25.1. The first-order chi connectivity index (χ1) is 10.5. The monoisotopic (exact) mass is 322 g/mol. The van der Waals surface area contributed by atoms with Crippen LogP contribution in [0.1, 0.15) is 31.2 Å². The third kappa shape index (κ3) is 3.04. The van der Waals surface area contributed by atoms with Gasteiger partial charge in [-0.2, -0.15) is 0 Å². The molecule has 6 heteroatoms. The van der Waals surface area contributed by atoms with Crippen LogP contribution in [0, 0.1) is 5.92 Å². The second-order valence-electron chi connectivity index (χ2n) is 6.01. The van der Waals surface area contributed by atoms with E-state index in [0.29, 0.717) is 24.4 Å². The minimum atomic E-state index is -0.729. The van der Waals surface area contributed by atoms with Gasteiger partial charge in [0.2, 0.25) is 0 Å². The average Bonchev–Trinajstić information content (AvgIpc) is 2.90. The molecular formula is C16H19ClN2O3. The Kier molecular flexibility index (Phi) is 4.25. The summed E-state index contributed by atoms with van der Waals surface area (Å²) in [6, 6.07) is 5.58. The number of fused-ring (bicyclic) bond motifs is 1. The van der Waals surface area contributed by atoms with Crippen molar-refractivity contribution in [2.24, 2.45) is 5.92 Å². The summed E-state index contributed by atoms with van der Waals surface area (Å²) in [5, 5.41) is 12.7. The molecule has 2 amide bonds. The highest BCUT2D eigenvalue weighted by Gasteiger charge is 2.30. The number of carbonyl (C=O) groups is 2. The molecule has 1 aliphatic carbocycles. The number of hydrogen-bond acceptors (Lipinski definition) is 2. The first kappa shape index (κ1) is 15.2. The van der Waals surface area contributed by atoms with Gasteiger partial charge >= 0.3 is 12.0 Å². The molecule has 2 aliphatic rings. The van der Waals surface area contributed by atoms with E-state index < -0.39 is 5.97 Å². The molecule has 1 saturated carbocycles. The van der Waals surface area contributed by atoms with Gasteiger partial charge in [-0.25, -0.2) is 4.79 Å². The SMILES string of the molecule is O=C(O)C1CCC(NC(=O)N2CCc3ccc(Cl)cc32)CC1. The molecule has 0 bridgehead atoms. The fraction of sp³-hybridized carbons (Fsp3) is 0.500. The number of rotatable bonds is 2. The van der Waals surface area contributed by atoms with E-state index in [1.807, 2.05) is 18.2 Å². The highest BCUT2D eigenvalue weighted by molar-refractivity contribution is 6.31. The van der Waals surface area contributed by atoms with Crippen molar-refractivity contribution in [3.05, 3.63) is 28.8 Å². The van der Waals surface area contributed by atoms with E-state index in [4.69, 9.17) is 16.7 Å². The van der Waals surface area contributed by atoms with Gasteiger partial charge in [0.1, 0.15) is 0 Å². The lowest BCUT2D eigenvalue weighted by atomic mass is 9.86. The summed E-state index contributed by atoms with van der Waals surface area (Å²) in [5.41, 5.74) is 2.01. The van der Waals surface area contributed by atoms with Gasteiger partial charge < -0.3 is 10.4 Å². The zero-order valence-corrected chi connectivity index (χ0v) is 13.0. The molecule has 3 rings (SSSR count). The number of amides is 2. The lowest BCUT2D eigenvalue weighted by Gasteiger charge is -2.29. The van der Waals surface area contributed by atoms with Crippen molar-refractivity contribution in [2.45, 2.75) is 38.1 Å². The predicted molar refractivity (Wildman–Crippen MR) is 84.4 cm³/mol. The van der Waals surface area contributed by atoms with Crippen LogP contribution in [0.25, 0.3) is 0 Å². The lowest BCUT2D eigenvalue weighted by molar-refractivity contribution is -0.142. The molecule has 1 aromatic carbocycles. The summed E-state index contributed by atoms with van der Waals surface area (Å²) >= 11 is 6.02. The van der Waals surface area contributed by atoms with Crippen molar-refractivity contribution in [3.63, 3.8) is 0 Å². The number of halogens is 1. The standard InChI is InChI=1S/C16H19ClN2O3/c17-12-4-1-10-7-8-19(14(10)9-12)16(22)18-13-5-2-11(3-6-13)15(20)21/h1,4,9,11,13H,2-3,5-8H2,(H,18,22)(H,20,21). The van der Waals surface area contributed by atoms with Gasteiger partial charge in [0.25, 0.3) is 0 Å². The molecule has 0 spiro atoms. The van der Waals surface area contributed by atoms with E-state index in [2.05, 4.69) is 5.32 Å². The van der Waals surface area contributed by atoms with Crippen LogP contribution >= 0.6 is 11.6 Å². The molecule has 0 radical (unpaired) electrons. The summed E-state index contributed by atoms with van der Waals surface area (Å²) in [6.07, 6.45) is 3.54. The molecule has 118 valence electrons. The molecule has 0 atom stereocenters. The summed E-state index contributed by atoms with van der Waals surface area (Å²) in [5.74, 6) is -0.993. The molecule has 2 N–H and O–H groups in total. The average molecular weight is 323 g/mol. The van der Waals surface area contributed by atoms with Crippen LogP contribution in [0.5, 0.6) is 0 Å². The van der Waals surface area contributed by atoms with Crippen LogP contribution < -0.4 is 10.2 Å². The fourth-order valence-corrected chi connectivity index (χ4v) is 3.47. The fourth-order valence-electron chi connectivity index (χ4n) is 3.30. The minimum Gasteiger partial charge on any atom is -0.481 e. The van der Waals surface area contributed by atoms with E-state index in [0.717, 1.165) is 30.5 Å². The number of carbonyl (C=O) groups excluding carboxylic acids is 1. The van der Waals surface area contributed by atoms with Crippen LogP contribution in [-0.2, 0) is 11.2 Å². The molecule has 22 heavy (non-hydrogen) atoms. The van der Waals surface area contributed by atoms with Gasteiger partial charge in [-0.15, -0.1) is 0 Å². The lowest BCUT2D eigenvalue weighted by Crippen LogP contribution is -2.46. The number of carboxylic acid groups (broad SMARTS) is 1. The van der Waals surface area contributed by atoms with Crippen molar-refractivity contribution in [3.8, 4) is 0 Å². The Morgan fingerprint density at radius 2 is 1.95 bits per heavy atom. The minimum absolute atomic E-state index is 0.0614. The quantitative estimate of drug-likeness (QED) is 0.879. The molecular weight excluding hydrogens is 304 g/mol. The summed E-state index contributed by atoms with van der Waals surface area (Å²) < 4.78 is 0. The van der Waals surface area contributed by atoms with E-state index >= 15 is 0 Å². The van der Waals surface area contributed by atoms with Gasteiger partial charge in [-0.1, -0.05) is 17.7 Å². The number of urea groups is 1. The highest BCUT2D eigenvalue weighted by atomic mass is 35.5. The molecule has 0 aromatic heterocycles. The van der Waals surface area contributed by atoms with Gasteiger partial charge in [0.05, 0.1) is 11.6 Å². The maximum Gasteiger partial charge on any atom is 0.322 e. The Morgan fingerprint density at radius 1 is 1.23 bits per heavy atom. The normalized spacial score (nSPS) is 24.0. The molecule has 1 aliphatic heterocycles. The Labute approximate surface area is 134 Å². The van der Waals surface area contributed by atoms with Gasteiger partial charge in [-0.3, -0.25) is 9.69 Å². The zero-order chi connectivity index (χ0) is 15.7. The number of hydrogen-bond donors (Lipinski definition) is 2. The van der Waals surface area contributed by atoms with Crippen molar-refractivity contribution in [1.29, 1.82) is 0 Å². The van der Waals surface area contributed by atoms with Crippen molar-refractivity contribution < 1.29 is 14.7 Å². The Hall–Kier alpha value is -1.75. The number of carboxylic acids is 1. The van der Waals surface area contributed by atoms with Crippen LogP contribution in [0.2, 0.25) is 5.02 Å². The third-order valence-electron chi connectivity index (χ3n) is 4.59. The van der Waals surface area contributed by atoms with Crippen molar-refractivity contribution in [2.75, 3.05) is 11.4 Å². The van der Waals surface area contributed by atoms with Crippen LogP contribution in [0.3, 0.4) is 0 Å². The number of anilines is 1. The van der Waals surface area contributed by atoms with E-state index in [1.165, 1.54) is 0 Å². The van der Waals surface area contributed by atoms with Gasteiger partial charge in [-0.05, 0) is 49.8 Å². The Morgan fingerprint density at radius 3 is 2.64 bits per heavy atom. The van der Waals surface area contributed by atoms with Crippen molar-refractivity contribution in [1.82, 2.24) is 5.32 Å². The van der Waals surface area contributed by atoms with Crippen LogP contribution in [0.15, 0.2) is 18.2 Å². The molecule has 0 unspecified atom stereocenters. The summed E-state index contributed by atoms with van der Waals surface area (Å²) in [6.45, 7) is 0.659. The van der Waals surface area contributed by atoms with Crippen LogP contribution in [-0.4, -0.2) is 29.7 Å². The van der Waals surface area contributed by atoms with Crippen LogP contribution in [0.4, 0.5) is 10.5 Å². The van der Waals surface area contributed by atoms with E-state index in [9.17, 15) is 9.59 Å².